The summed E-state index contributed by atoms with van der Waals surface area (Å²) in [5.41, 5.74) is 1.79. The van der Waals surface area contributed by atoms with Gasteiger partial charge in [0.2, 0.25) is 0 Å². The smallest absolute Gasteiger partial charge is 0.282 e. The van der Waals surface area contributed by atoms with Crippen molar-refractivity contribution in [2.75, 3.05) is 5.32 Å². The molecule has 2 aliphatic rings. The molecule has 1 N–H and O–H groups in total. The van der Waals surface area contributed by atoms with Crippen molar-refractivity contribution in [3.8, 4) is 0 Å². The van der Waals surface area contributed by atoms with Gasteiger partial charge >= 0.3 is 0 Å². The van der Waals surface area contributed by atoms with Crippen LogP contribution in [0.25, 0.3) is 0 Å². The Kier molecular flexibility index (Phi) is 4.09. The number of amides is 1. The molecule has 0 aliphatic heterocycles. The summed E-state index contributed by atoms with van der Waals surface area (Å²) in [6, 6.07) is 7.73. The molecule has 6 heteroatoms. The maximum absolute atomic E-state index is 13.1. The second-order valence-electron chi connectivity index (χ2n) is 7.61. The third-order valence-electron chi connectivity index (χ3n) is 6.09. The van der Waals surface area contributed by atoms with Crippen molar-refractivity contribution in [3.05, 3.63) is 47.3 Å². The van der Waals surface area contributed by atoms with Crippen molar-refractivity contribution in [1.29, 1.82) is 0 Å². The molecule has 1 aromatic carbocycles. The molecule has 2 atom stereocenters. The Hall–Kier alpha value is -2.24. The van der Waals surface area contributed by atoms with Crippen LogP contribution in [0.15, 0.2) is 30.5 Å². The van der Waals surface area contributed by atoms with E-state index in [2.05, 4.69) is 17.3 Å². The normalized spacial score (nSPS) is 23.1. The fraction of sp³-hybridized carbons (Fsp3) is 0.500. The van der Waals surface area contributed by atoms with Crippen LogP contribution in [0.4, 0.5) is 14.5 Å². The van der Waals surface area contributed by atoms with E-state index in [1.807, 2.05) is 24.3 Å². The number of aryl methyl sites for hydroxylation is 1. The topological polar surface area (TPSA) is 46.9 Å². The SMILES string of the molecule is CCC1(C2CC2c2ccccc2NC(=O)c2cn(C)nc2C(F)F)CC1. The van der Waals surface area contributed by atoms with Gasteiger partial charge in [-0.25, -0.2) is 8.78 Å². The average Bonchev–Trinajstić information content (AvgIpc) is 3.52. The number of halogens is 2. The van der Waals surface area contributed by atoms with Crippen LogP contribution >= 0.6 is 0 Å². The minimum Gasteiger partial charge on any atom is -0.322 e. The van der Waals surface area contributed by atoms with Crippen LogP contribution in [0.5, 0.6) is 0 Å². The maximum atomic E-state index is 13.1. The predicted octanol–water partition coefficient (Wildman–Crippen LogP) is 4.90. The maximum Gasteiger partial charge on any atom is 0.282 e. The zero-order valence-electron chi connectivity index (χ0n) is 15.0. The highest BCUT2D eigenvalue weighted by Crippen LogP contribution is 2.69. The molecule has 2 unspecified atom stereocenters. The van der Waals surface area contributed by atoms with E-state index in [9.17, 15) is 13.6 Å². The fourth-order valence-corrected chi connectivity index (χ4v) is 4.33. The minimum atomic E-state index is -2.78. The molecule has 2 fully saturated rings. The Bertz CT molecular complexity index is 841. The number of alkyl halides is 2. The van der Waals surface area contributed by atoms with Crippen molar-refractivity contribution >= 4 is 11.6 Å². The van der Waals surface area contributed by atoms with Crippen molar-refractivity contribution in [2.24, 2.45) is 18.4 Å². The Balaban J connectivity index is 1.56. The first-order valence-corrected chi connectivity index (χ1v) is 9.17. The first-order chi connectivity index (χ1) is 12.4. The number of hydrogen-bond acceptors (Lipinski definition) is 2. The standard InChI is InChI=1S/C20H23F2N3O/c1-3-20(8-9-20)15-10-13(15)12-6-4-5-7-16(12)23-19(26)14-11-25(2)24-17(14)18(21)22/h4-7,11,13,15,18H,3,8-10H2,1-2H3,(H,23,26). The van der Waals surface area contributed by atoms with Crippen molar-refractivity contribution in [2.45, 2.75) is 45.0 Å². The molecule has 2 saturated carbocycles. The van der Waals surface area contributed by atoms with Gasteiger partial charge in [0, 0.05) is 18.9 Å². The molecular formula is C20H23F2N3O. The first kappa shape index (κ1) is 17.2. The number of benzene rings is 1. The third kappa shape index (κ3) is 2.91. The molecule has 0 saturated heterocycles. The number of nitrogens with zero attached hydrogens (tertiary/aromatic N) is 2. The summed E-state index contributed by atoms with van der Waals surface area (Å²) < 4.78 is 27.5. The minimum absolute atomic E-state index is 0.0723. The van der Waals surface area contributed by atoms with Crippen LogP contribution in [0.2, 0.25) is 0 Å². The van der Waals surface area contributed by atoms with Gasteiger partial charge in [-0.3, -0.25) is 9.48 Å². The fourth-order valence-electron chi connectivity index (χ4n) is 4.33. The monoisotopic (exact) mass is 359 g/mol. The van der Waals surface area contributed by atoms with Gasteiger partial charge in [-0.05, 0) is 48.1 Å². The van der Waals surface area contributed by atoms with E-state index in [0.29, 0.717) is 17.3 Å². The summed E-state index contributed by atoms with van der Waals surface area (Å²) in [6.45, 7) is 2.25. The highest BCUT2D eigenvalue weighted by atomic mass is 19.3. The van der Waals surface area contributed by atoms with Gasteiger partial charge in [-0.2, -0.15) is 5.10 Å². The summed E-state index contributed by atoms with van der Waals surface area (Å²) in [6.07, 6.45) is 3.51. The molecule has 4 nitrogen and oxygen atoms in total. The molecule has 2 aliphatic carbocycles. The van der Waals surface area contributed by atoms with Gasteiger partial charge in [0.15, 0.2) is 0 Å². The zero-order chi connectivity index (χ0) is 18.5. The van der Waals surface area contributed by atoms with Crippen LogP contribution < -0.4 is 5.32 Å². The van der Waals surface area contributed by atoms with Gasteiger partial charge in [0.25, 0.3) is 12.3 Å². The molecule has 26 heavy (non-hydrogen) atoms. The van der Waals surface area contributed by atoms with E-state index in [4.69, 9.17) is 0 Å². The van der Waals surface area contributed by atoms with E-state index in [0.717, 1.165) is 17.7 Å². The van der Waals surface area contributed by atoms with E-state index in [1.165, 1.54) is 37.2 Å². The average molecular weight is 359 g/mol. The highest BCUT2D eigenvalue weighted by molar-refractivity contribution is 6.05. The van der Waals surface area contributed by atoms with Gasteiger partial charge in [-0.15, -0.1) is 0 Å². The zero-order valence-corrected chi connectivity index (χ0v) is 15.0. The summed E-state index contributed by atoms with van der Waals surface area (Å²) in [7, 11) is 1.53. The Morgan fingerprint density at radius 2 is 2.12 bits per heavy atom. The highest BCUT2D eigenvalue weighted by Gasteiger charge is 2.58. The second-order valence-corrected chi connectivity index (χ2v) is 7.61. The largest absolute Gasteiger partial charge is 0.322 e. The molecule has 138 valence electrons. The van der Waals surface area contributed by atoms with Gasteiger partial charge in [0.05, 0.1) is 5.56 Å². The van der Waals surface area contributed by atoms with Gasteiger partial charge in [-0.1, -0.05) is 31.5 Å². The van der Waals surface area contributed by atoms with E-state index >= 15 is 0 Å². The lowest BCUT2D eigenvalue weighted by molar-refractivity contribution is 0.101. The summed E-state index contributed by atoms with van der Waals surface area (Å²) in [4.78, 5) is 12.6. The van der Waals surface area contributed by atoms with Crippen LogP contribution in [0.3, 0.4) is 0 Å². The number of anilines is 1. The molecule has 0 bridgehead atoms. The molecular weight excluding hydrogens is 336 g/mol. The number of carbonyl (C=O) groups excluding carboxylic acids is 1. The van der Waals surface area contributed by atoms with Crippen LogP contribution in [-0.2, 0) is 7.05 Å². The number of aromatic nitrogens is 2. The van der Waals surface area contributed by atoms with Gasteiger partial charge < -0.3 is 5.32 Å². The number of rotatable bonds is 6. The first-order valence-electron chi connectivity index (χ1n) is 9.17. The molecule has 2 aromatic rings. The molecule has 4 rings (SSSR count). The van der Waals surface area contributed by atoms with E-state index in [-0.39, 0.29) is 5.56 Å². The Morgan fingerprint density at radius 3 is 2.77 bits per heavy atom. The van der Waals surface area contributed by atoms with Crippen LogP contribution in [0, 0.1) is 11.3 Å². The van der Waals surface area contributed by atoms with Crippen molar-refractivity contribution in [1.82, 2.24) is 9.78 Å². The quantitative estimate of drug-likeness (QED) is 0.797. The number of hydrogen-bond donors (Lipinski definition) is 1. The lowest BCUT2D eigenvalue weighted by Gasteiger charge is -2.14. The molecule has 0 spiro atoms. The number of carbonyl (C=O) groups is 1. The summed E-state index contributed by atoms with van der Waals surface area (Å²) in [5, 5.41) is 6.55. The van der Waals surface area contributed by atoms with Gasteiger partial charge in [0.1, 0.15) is 5.69 Å². The van der Waals surface area contributed by atoms with Crippen LogP contribution in [0.1, 0.15) is 66.6 Å². The lowest BCUT2D eigenvalue weighted by atomic mass is 9.93. The lowest BCUT2D eigenvalue weighted by Crippen LogP contribution is -2.15. The van der Waals surface area contributed by atoms with Crippen LogP contribution in [-0.4, -0.2) is 15.7 Å². The molecule has 1 heterocycles. The van der Waals surface area contributed by atoms with E-state index < -0.39 is 18.0 Å². The molecule has 1 amide bonds. The molecule has 0 radical (unpaired) electrons. The Morgan fingerprint density at radius 1 is 1.38 bits per heavy atom. The molecule has 1 aromatic heterocycles. The third-order valence-corrected chi connectivity index (χ3v) is 6.09. The van der Waals surface area contributed by atoms with Crippen molar-refractivity contribution < 1.29 is 13.6 Å². The second kappa shape index (κ2) is 6.18. The Labute approximate surface area is 151 Å². The summed E-state index contributed by atoms with van der Waals surface area (Å²) in [5.74, 6) is 0.604. The number of nitrogens with one attached hydrogen (secondary N) is 1. The van der Waals surface area contributed by atoms with E-state index in [1.54, 1.807) is 0 Å². The van der Waals surface area contributed by atoms with Crippen molar-refractivity contribution in [3.63, 3.8) is 0 Å². The summed E-state index contributed by atoms with van der Waals surface area (Å²) >= 11 is 0. The predicted molar refractivity (Wildman–Crippen MR) is 95.4 cm³/mol. The number of para-hydroxylation sites is 1.